The van der Waals surface area contributed by atoms with E-state index in [1.165, 1.54) is 39.0 Å². The van der Waals surface area contributed by atoms with Crippen LogP contribution in [0.5, 0.6) is 11.5 Å². The molecule has 26 heavy (non-hydrogen) atoms. The predicted molar refractivity (Wildman–Crippen MR) is 95.5 cm³/mol. The van der Waals surface area contributed by atoms with Crippen LogP contribution in [0.3, 0.4) is 0 Å². The number of ether oxygens (including phenoxy) is 2. The zero-order chi connectivity index (χ0) is 18.9. The second-order valence-electron chi connectivity index (χ2n) is 7.09. The van der Waals surface area contributed by atoms with E-state index in [1.54, 1.807) is 0 Å². The number of hydrogen-bond donors (Lipinski definition) is 1. The van der Waals surface area contributed by atoms with E-state index < -0.39 is 4.92 Å². The van der Waals surface area contributed by atoms with Crippen molar-refractivity contribution in [3.63, 3.8) is 0 Å². The summed E-state index contributed by atoms with van der Waals surface area (Å²) in [6.45, 7) is 2.16. The first-order valence-corrected chi connectivity index (χ1v) is 8.65. The summed E-state index contributed by atoms with van der Waals surface area (Å²) in [7, 11) is 2.85. The molecule has 3 rings (SSSR count). The molecule has 0 saturated heterocycles. The Bertz CT molecular complexity index is 763. The Hall–Kier alpha value is -2.64. The molecule has 1 N–H and O–H groups in total. The molecule has 0 aromatic heterocycles. The first-order valence-electron chi connectivity index (χ1n) is 8.65. The van der Waals surface area contributed by atoms with Crippen molar-refractivity contribution < 1.29 is 19.2 Å². The van der Waals surface area contributed by atoms with E-state index in [2.05, 4.69) is 17.5 Å². The monoisotopic (exact) mass is 361 g/mol. The normalized spacial score (nSPS) is 26.9. The molecule has 1 aromatic carbocycles. The third kappa shape index (κ3) is 3.11. The van der Waals surface area contributed by atoms with Crippen molar-refractivity contribution in [2.75, 3.05) is 14.2 Å². The molecule has 1 aromatic rings. The molecule has 140 valence electrons. The van der Waals surface area contributed by atoms with E-state index in [-0.39, 0.29) is 34.2 Å². The molecule has 2 aliphatic rings. The van der Waals surface area contributed by atoms with Gasteiger partial charge in [0.1, 0.15) is 0 Å². The van der Waals surface area contributed by atoms with Crippen molar-refractivity contribution in [3.8, 4) is 11.5 Å². The van der Waals surface area contributed by atoms with E-state index in [0.717, 1.165) is 19.3 Å². The lowest BCUT2D eigenvalue weighted by molar-refractivity contribution is -0.385. The predicted octanol–water partition coefficient (Wildman–Crippen LogP) is 2.89. The second kappa shape index (κ2) is 6.93. The number of amides is 1. The van der Waals surface area contributed by atoms with E-state index in [1.807, 2.05) is 0 Å². The van der Waals surface area contributed by atoms with Crippen LogP contribution in [0.1, 0.15) is 38.2 Å². The number of hydrazone groups is 1. The maximum absolute atomic E-state index is 12.4. The number of carbonyl (C=O) groups excluding carboxylic acids is 1. The van der Waals surface area contributed by atoms with Crippen LogP contribution < -0.4 is 14.9 Å². The summed E-state index contributed by atoms with van der Waals surface area (Å²) in [5.74, 6) is 0.921. The first kappa shape index (κ1) is 18.2. The smallest absolute Gasteiger partial charge is 0.282 e. The van der Waals surface area contributed by atoms with Gasteiger partial charge >= 0.3 is 0 Å². The Morgan fingerprint density at radius 2 is 2.04 bits per heavy atom. The van der Waals surface area contributed by atoms with Gasteiger partial charge in [0.15, 0.2) is 11.5 Å². The Morgan fingerprint density at radius 3 is 2.62 bits per heavy atom. The van der Waals surface area contributed by atoms with Gasteiger partial charge in [0.2, 0.25) is 5.91 Å². The highest BCUT2D eigenvalue weighted by molar-refractivity contribution is 5.89. The molecule has 2 fully saturated rings. The van der Waals surface area contributed by atoms with E-state index >= 15 is 0 Å². The van der Waals surface area contributed by atoms with Crippen molar-refractivity contribution in [3.05, 3.63) is 27.8 Å². The number of benzene rings is 1. The van der Waals surface area contributed by atoms with Crippen molar-refractivity contribution >= 4 is 17.8 Å². The average molecular weight is 361 g/mol. The van der Waals surface area contributed by atoms with Gasteiger partial charge in [0.25, 0.3) is 5.69 Å². The van der Waals surface area contributed by atoms with Crippen LogP contribution in [0.15, 0.2) is 17.2 Å². The van der Waals surface area contributed by atoms with Gasteiger partial charge in [-0.15, -0.1) is 0 Å². The van der Waals surface area contributed by atoms with E-state index in [9.17, 15) is 14.9 Å². The topological polar surface area (TPSA) is 103 Å². The number of nitro benzene ring substituents is 1. The minimum Gasteiger partial charge on any atom is -0.493 e. The van der Waals surface area contributed by atoms with Crippen LogP contribution in [0, 0.1) is 27.4 Å². The van der Waals surface area contributed by atoms with Gasteiger partial charge in [0, 0.05) is 5.92 Å². The molecule has 3 atom stereocenters. The lowest BCUT2D eigenvalue weighted by Gasteiger charge is -2.15. The van der Waals surface area contributed by atoms with Crippen LogP contribution in [0.2, 0.25) is 0 Å². The molecule has 0 radical (unpaired) electrons. The molecule has 0 aliphatic heterocycles. The summed E-state index contributed by atoms with van der Waals surface area (Å²) in [5.41, 5.74) is 2.69. The van der Waals surface area contributed by atoms with Crippen molar-refractivity contribution in [2.24, 2.45) is 22.4 Å². The molecular formula is C18H23N3O5. The third-order valence-electron chi connectivity index (χ3n) is 5.72. The fourth-order valence-electron chi connectivity index (χ4n) is 4.23. The fraction of sp³-hybridized carbons (Fsp3) is 0.556. The van der Waals surface area contributed by atoms with Crippen molar-refractivity contribution in [2.45, 2.75) is 32.6 Å². The summed E-state index contributed by atoms with van der Waals surface area (Å²) in [5, 5.41) is 15.2. The Morgan fingerprint density at radius 1 is 1.35 bits per heavy atom. The minimum atomic E-state index is -0.526. The van der Waals surface area contributed by atoms with Crippen LogP contribution in [0.25, 0.3) is 0 Å². The summed E-state index contributed by atoms with van der Waals surface area (Å²) in [4.78, 5) is 23.2. The molecule has 2 saturated carbocycles. The molecule has 3 unspecified atom stereocenters. The number of nitrogens with zero attached hydrogens (tertiary/aromatic N) is 2. The summed E-state index contributed by atoms with van der Waals surface area (Å²) in [6.07, 6.45) is 5.76. The lowest BCUT2D eigenvalue weighted by Crippen LogP contribution is -2.22. The zero-order valence-corrected chi connectivity index (χ0v) is 15.2. The largest absolute Gasteiger partial charge is 0.493 e. The molecule has 2 aliphatic carbocycles. The summed E-state index contributed by atoms with van der Waals surface area (Å²) < 4.78 is 10.3. The molecule has 1 amide bonds. The average Bonchev–Trinajstić information content (AvgIpc) is 3.26. The molecule has 8 heteroatoms. The molecule has 0 heterocycles. The fourth-order valence-corrected chi connectivity index (χ4v) is 4.23. The maximum atomic E-state index is 12.4. The zero-order valence-electron chi connectivity index (χ0n) is 15.2. The Labute approximate surface area is 151 Å². The number of nitrogens with one attached hydrogen (secondary N) is 1. The van der Waals surface area contributed by atoms with Gasteiger partial charge in [-0.1, -0.05) is 19.8 Å². The third-order valence-corrected chi connectivity index (χ3v) is 5.72. The van der Waals surface area contributed by atoms with Gasteiger partial charge in [0.05, 0.1) is 37.0 Å². The highest BCUT2D eigenvalue weighted by Crippen LogP contribution is 2.66. The van der Waals surface area contributed by atoms with Crippen molar-refractivity contribution in [1.29, 1.82) is 0 Å². The second-order valence-corrected chi connectivity index (χ2v) is 7.09. The standard InChI is InChI=1S/C18H23N3O5/c1-18-7-5-4-6-12(18)16(18)17(22)20-19-10-11-8-14(25-2)15(26-3)9-13(11)21(23)24/h8-10,12,16H,4-7H2,1-3H3,(H,20,22)/b19-10+. The van der Waals surface area contributed by atoms with Crippen molar-refractivity contribution in [1.82, 2.24) is 5.43 Å². The maximum Gasteiger partial charge on any atom is 0.282 e. The van der Waals surface area contributed by atoms with Crippen LogP contribution in [-0.2, 0) is 4.79 Å². The highest BCUT2D eigenvalue weighted by Gasteiger charge is 2.64. The van der Waals surface area contributed by atoms with E-state index in [0.29, 0.717) is 11.7 Å². The number of nitro groups is 1. The number of methoxy groups -OCH3 is 2. The first-order chi connectivity index (χ1) is 12.4. The number of fused-ring (bicyclic) bond motifs is 1. The van der Waals surface area contributed by atoms with Gasteiger partial charge in [-0.05, 0) is 30.2 Å². The quantitative estimate of drug-likeness (QED) is 0.477. The highest BCUT2D eigenvalue weighted by atomic mass is 16.6. The van der Waals surface area contributed by atoms with Crippen LogP contribution in [-0.4, -0.2) is 31.3 Å². The number of carbonyl (C=O) groups is 1. The number of hydrogen-bond acceptors (Lipinski definition) is 6. The molecule has 8 nitrogen and oxygen atoms in total. The van der Waals surface area contributed by atoms with Crippen LogP contribution in [0.4, 0.5) is 5.69 Å². The summed E-state index contributed by atoms with van der Waals surface area (Å²) in [6, 6.07) is 2.74. The van der Waals surface area contributed by atoms with Crippen LogP contribution >= 0.6 is 0 Å². The van der Waals surface area contributed by atoms with Gasteiger partial charge in [-0.2, -0.15) is 5.10 Å². The number of rotatable bonds is 6. The lowest BCUT2D eigenvalue weighted by atomic mass is 9.90. The van der Waals surface area contributed by atoms with Gasteiger partial charge in [-0.25, -0.2) is 5.43 Å². The molecule has 0 bridgehead atoms. The Balaban J connectivity index is 1.74. The Kier molecular flexibility index (Phi) is 4.84. The van der Waals surface area contributed by atoms with Gasteiger partial charge < -0.3 is 9.47 Å². The molecular weight excluding hydrogens is 338 g/mol. The minimum absolute atomic E-state index is 0.0115. The van der Waals surface area contributed by atoms with E-state index in [4.69, 9.17) is 9.47 Å². The summed E-state index contributed by atoms with van der Waals surface area (Å²) >= 11 is 0. The SMILES string of the molecule is COc1cc(/C=N/NC(=O)C2C3CCCCC32C)c([N+](=O)[O-])cc1OC. The van der Waals surface area contributed by atoms with Gasteiger partial charge in [-0.3, -0.25) is 14.9 Å². The molecule has 0 spiro atoms.